The van der Waals surface area contributed by atoms with Gasteiger partial charge in [0.05, 0.1) is 17.5 Å². The van der Waals surface area contributed by atoms with Crippen LogP contribution in [0.4, 0.5) is 13.2 Å². The molecular weight excluding hydrogens is 551 g/mol. The summed E-state index contributed by atoms with van der Waals surface area (Å²) >= 11 is 1.80. The van der Waals surface area contributed by atoms with E-state index >= 15 is 0 Å². The van der Waals surface area contributed by atoms with Crippen molar-refractivity contribution in [2.75, 3.05) is 11.5 Å². The van der Waals surface area contributed by atoms with Crippen LogP contribution in [0.2, 0.25) is 0 Å². The van der Waals surface area contributed by atoms with E-state index in [-0.39, 0.29) is 12.3 Å². The van der Waals surface area contributed by atoms with Gasteiger partial charge in [-0.2, -0.15) is 24.9 Å². The molecule has 0 unspecified atom stereocenters. The number of carbonyl (C=O) groups is 3. The summed E-state index contributed by atoms with van der Waals surface area (Å²) in [6.07, 6.45) is -3.68. The fraction of sp³-hybridized carbons (Fsp3) is 0.333. The number of halogens is 3. The van der Waals surface area contributed by atoms with E-state index in [1.54, 1.807) is 41.5 Å². The molecule has 214 valence electrons. The van der Waals surface area contributed by atoms with Crippen molar-refractivity contribution >= 4 is 40.4 Å². The Morgan fingerprint density at radius 2 is 1.70 bits per heavy atom. The Balaban J connectivity index is 0.000000559. The second kappa shape index (κ2) is 13.5. The standard InChI is InChI=1S/C25H27N3O4S.C2HF3O2/c1-17-14-19(21-4-2-3-5-22(21)26-17)16-32-20-8-6-18(7-9-20)24(30)27-25(15-23(29)28-31)10-12-33-13-11-25;3-2(4,5)1(6)7/h2-9,14,31H,10-13,15-16H2,1H3,(H,27,30)(H,28,29);(H,6,7). The summed E-state index contributed by atoms with van der Waals surface area (Å²) in [7, 11) is 0. The third kappa shape index (κ3) is 8.58. The van der Waals surface area contributed by atoms with Crippen LogP contribution in [0.1, 0.15) is 40.9 Å². The van der Waals surface area contributed by atoms with Crippen molar-refractivity contribution in [3.8, 4) is 5.75 Å². The Kier molecular flexibility index (Phi) is 10.3. The molecule has 0 bridgehead atoms. The maximum atomic E-state index is 12.9. The second-order valence-corrected chi connectivity index (χ2v) is 10.3. The van der Waals surface area contributed by atoms with Crippen LogP contribution in [0.15, 0.2) is 54.6 Å². The van der Waals surface area contributed by atoms with E-state index in [1.165, 1.54) is 0 Å². The van der Waals surface area contributed by atoms with Gasteiger partial charge in [0.25, 0.3) is 5.91 Å². The molecule has 13 heteroatoms. The molecule has 0 saturated carbocycles. The second-order valence-electron chi connectivity index (χ2n) is 9.11. The minimum Gasteiger partial charge on any atom is -0.489 e. The van der Waals surface area contributed by atoms with E-state index in [4.69, 9.17) is 19.8 Å². The Bertz CT molecular complexity index is 1350. The summed E-state index contributed by atoms with van der Waals surface area (Å²) in [5.74, 6) is -1.12. The molecule has 40 heavy (non-hydrogen) atoms. The number of ether oxygens (including phenoxy) is 1. The zero-order valence-corrected chi connectivity index (χ0v) is 22.3. The van der Waals surface area contributed by atoms with Crippen molar-refractivity contribution in [1.82, 2.24) is 15.8 Å². The number of hydrogen-bond donors (Lipinski definition) is 4. The molecule has 0 atom stereocenters. The maximum absolute atomic E-state index is 12.9. The molecule has 1 aliphatic rings. The first-order chi connectivity index (χ1) is 18.9. The summed E-state index contributed by atoms with van der Waals surface area (Å²) in [4.78, 5) is 38.2. The monoisotopic (exact) mass is 579 g/mol. The molecule has 0 spiro atoms. The van der Waals surface area contributed by atoms with Gasteiger partial charge in [-0.1, -0.05) is 18.2 Å². The molecule has 1 saturated heterocycles. The number of thioether (sulfide) groups is 1. The SMILES string of the molecule is Cc1cc(COc2ccc(C(=O)NC3(CC(=O)NO)CCSCC3)cc2)c2ccccc2n1.O=C(O)C(F)(F)F. The van der Waals surface area contributed by atoms with E-state index in [9.17, 15) is 22.8 Å². The lowest BCUT2D eigenvalue weighted by molar-refractivity contribution is -0.192. The minimum absolute atomic E-state index is 0.0519. The number of benzene rings is 2. The van der Waals surface area contributed by atoms with Crippen LogP contribution in [0.25, 0.3) is 10.9 Å². The highest BCUT2D eigenvalue weighted by Gasteiger charge is 2.38. The van der Waals surface area contributed by atoms with Crippen LogP contribution < -0.4 is 15.5 Å². The van der Waals surface area contributed by atoms with E-state index in [0.717, 1.165) is 33.7 Å². The molecule has 1 aromatic heterocycles. The highest BCUT2D eigenvalue weighted by atomic mass is 32.2. The molecule has 4 N–H and O–H groups in total. The molecule has 1 fully saturated rings. The fourth-order valence-corrected chi connectivity index (χ4v) is 5.42. The topological polar surface area (TPSA) is 138 Å². The predicted octanol–water partition coefficient (Wildman–Crippen LogP) is 4.65. The quantitative estimate of drug-likeness (QED) is 0.235. The van der Waals surface area contributed by atoms with Gasteiger partial charge in [0.2, 0.25) is 5.91 Å². The van der Waals surface area contributed by atoms with Crippen LogP contribution >= 0.6 is 11.8 Å². The van der Waals surface area contributed by atoms with Crippen molar-refractivity contribution in [3.63, 3.8) is 0 Å². The number of amides is 2. The molecule has 9 nitrogen and oxygen atoms in total. The van der Waals surface area contributed by atoms with E-state index in [2.05, 4.69) is 10.3 Å². The van der Waals surface area contributed by atoms with Gasteiger partial charge in [-0.25, -0.2) is 10.3 Å². The molecular formula is C27H28F3N3O6S. The zero-order chi connectivity index (χ0) is 29.3. The van der Waals surface area contributed by atoms with Crippen molar-refractivity contribution in [1.29, 1.82) is 0 Å². The number of nitrogens with zero attached hydrogens (tertiary/aromatic N) is 1. The van der Waals surface area contributed by atoms with Crippen molar-refractivity contribution in [2.24, 2.45) is 0 Å². The number of aromatic nitrogens is 1. The summed E-state index contributed by atoms with van der Waals surface area (Å²) in [5.41, 5.74) is 4.46. The Hall–Kier alpha value is -3.84. The normalized spacial score (nSPS) is 14.4. The van der Waals surface area contributed by atoms with Gasteiger partial charge < -0.3 is 15.2 Å². The van der Waals surface area contributed by atoms with E-state index < -0.39 is 23.6 Å². The molecule has 0 radical (unpaired) electrons. The molecule has 2 aromatic carbocycles. The number of nitrogens with one attached hydrogen (secondary N) is 2. The molecule has 3 aromatic rings. The molecule has 1 aliphatic heterocycles. The van der Waals surface area contributed by atoms with Crippen LogP contribution in [-0.4, -0.2) is 56.3 Å². The predicted molar refractivity (Wildman–Crippen MR) is 142 cm³/mol. The Labute approximate surface area is 232 Å². The van der Waals surface area contributed by atoms with Crippen LogP contribution in [0, 0.1) is 6.92 Å². The number of fused-ring (bicyclic) bond motifs is 1. The van der Waals surface area contributed by atoms with Gasteiger partial charge in [0.15, 0.2) is 0 Å². The van der Waals surface area contributed by atoms with Crippen LogP contribution in [0.3, 0.4) is 0 Å². The highest BCUT2D eigenvalue weighted by molar-refractivity contribution is 7.99. The molecule has 4 rings (SSSR count). The van der Waals surface area contributed by atoms with Crippen LogP contribution in [0.5, 0.6) is 5.75 Å². The number of carbonyl (C=O) groups excluding carboxylic acids is 2. The Morgan fingerprint density at radius 3 is 2.30 bits per heavy atom. The summed E-state index contributed by atoms with van der Waals surface area (Å²) < 4.78 is 37.7. The first-order valence-electron chi connectivity index (χ1n) is 12.1. The smallest absolute Gasteiger partial charge is 0.489 e. The lowest BCUT2D eigenvalue weighted by atomic mass is 9.87. The fourth-order valence-electron chi connectivity index (χ4n) is 4.15. The largest absolute Gasteiger partial charge is 0.490 e. The van der Waals surface area contributed by atoms with Gasteiger partial charge in [0.1, 0.15) is 12.4 Å². The number of rotatable bonds is 7. The number of carboxylic acids is 1. The average Bonchev–Trinajstić information content (AvgIpc) is 2.92. The van der Waals surface area contributed by atoms with Gasteiger partial charge in [-0.3, -0.25) is 19.8 Å². The Morgan fingerprint density at radius 1 is 1.07 bits per heavy atom. The summed E-state index contributed by atoms with van der Waals surface area (Å²) in [6, 6.07) is 17.0. The first-order valence-corrected chi connectivity index (χ1v) is 13.3. The lowest BCUT2D eigenvalue weighted by Gasteiger charge is -2.37. The lowest BCUT2D eigenvalue weighted by Crippen LogP contribution is -2.53. The third-order valence-electron chi connectivity index (χ3n) is 6.14. The summed E-state index contributed by atoms with van der Waals surface area (Å²) in [5, 5.41) is 20.2. The number of para-hydroxylation sites is 1. The number of alkyl halides is 3. The van der Waals surface area contributed by atoms with Crippen molar-refractivity contribution in [3.05, 3.63) is 71.4 Å². The van der Waals surface area contributed by atoms with Gasteiger partial charge in [0, 0.05) is 22.2 Å². The first kappa shape index (κ1) is 30.7. The number of aliphatic carboxylic acids is 1. The van der Waals surface area contributed by atoms with Gasteiger partial charge >= 0.3 is 12.1 Å². The third-order valence-corrected chi connectivity index (χ3v) is 7.12. The highest BCUT2D eigenvalue weighted by Crippen LogP contribution is 2.30. The molecule has 0 aliphatic carbocycles. The number of pyridine rings is 1. The number of aryl methyl sites for hydroxylation is 1. The van der Waals surface area contributed by atoms with Gasteiger partial charge in [-0.15, -0.1) is 0 Å². The van der Waals surface area contributed by atoms with Crippen molar-refractivity contribution in [2.45, 2.75) is 44.5 Å². The number of hydrogen-bond acceptors (Lipinski definition) is 7. The minimum atomic E-state index is -5.08. The number of hydroxylamine groups is 1. The zero-order valence-electron chi connectivity index (χ0n) is 21.5. The van der Waals surface area contributed by atoms with Crippen LogP contribution in [-0.2, 0) is 16.2 Å². The maximum Gasteiger partial charge on any atom is 0.490 e. The van der Waals surface area contributed by atoms with E-state index in [1.807, 2.05) is 37.3 Å². The summed E-state index contributed by atoms with van der Waals surface area (Å²) in [6.45, 7) is 2.36. The van der Waals surface area contributed by atoms with Gasteiger partial charge in [-0.05, 0) is 67.7 Å². The average molecular weight is 580 g/mol. The van der Waals surface area contributed by atoms with E-state index in [0.29, 0.717) is 30.8 Å². The number of carboxylic acid groups (broad SMARTS) is 1. The molecule has 2 heterocycles. The van der Waals surface area contributed by atoms with Crippen molar-refractivity contribution < 1.29 is 42.6 Å². The molecule has 2 amide bonds.